The van der Waals surface area contributed by atoms with E-state index in [-0.39, 0.29) is 5.41 Å². The highest BCUT2D eigenvalue weighted by molar-refractivity contribution is 9.10. The molecule has 0 aromatic heterocycles. The van der Waals surface area contributed by atoms with E-state index in [0.29, 0.717) is 18.9 Å². The number of rotatable bonds is 5. The lowest BCUT2D eigenvalue weighted by Crippen LogP contribution is -2.14. The zero-order chi connectivity index (χ0) is 13.8. The molecule has 0 amide bonds. The van der Waals surface area contributed by atoms with E-state index in [1.165, 1.54) is 0 Å². The number of alkyl halides is 1. The Labute approximate surface area is 122 Å². The van der Waals surface area contributed by atoms with Crippen LogP contribution in [0.5, 0.6) is 5.75 Å². The van der Waals surface area contributed by atoms with Gasteiger partial charge in [0.25, 0.3) is 0 Å². The van der Waals surface area contributed by atoms with E-state index in [2.05, 4.69) is 22.0 Å². The Morgan fingerprint density at radius 2 is 2.11 bits per heavy atom. The molecule has 0 spiro atoms. The van der Waals surface area contributed by atoms with Crippen molar-refractivity contribution in [3.05, 3.63) is 27.7 Å². The summed E-state index contributed by atoms with van der Waals surface area (Å²) in [4.78, 5) is 0. The maximum Gasteiger partial charge on any atom is 0.126 e. The van der Waals surface area contributed by atoms with Crippen molar-refractivity contribution in [3.8, 4) is 11.8 Å². The molecule has 0 atom stereocenters. The van der Waals surface area contributed by atoms with Crippen LogP contribution in [0.25, 0.3) is 0 Å². The van der Waals surface area contributed by atoms with E-state index in [1.54, 1.807) is 0 Å². The van der Waals surface area contributed by atoms with Crippen molar-refractivity contribution in [3.63, 3.8) is 0 Å². The Morgan fingerprint density at radius 1 is 1.44 bits per heavy atom. The van der Waals surface area contributed by atoms with Crippen LogP contribution in [0.3, 0.4) is 0 Å². The van der Waals surface area contributed by atoms with Gasteiger partial charge >= 0.3 is 0 Å². The largest absolute Gasteiger partial charge is 0.493 e. The van der Waals surface area contributed by atoms with E-state index < -0.39 is 0 Å². The second-order valence-corrected chi connectivity index (χ2v) is 6.12. The summed E-state index contributed by atoms with van der Waals surface area (Å²) in [6, 6.07) is 6.23. The van der Waals surface area contributed by atoms with E-state index in [4.69, 9.17) is 21.6 Å². The monoisotopic (exact) mass is 329 g/mol. The summed E-state index contributed by atoms with van der Waals surface area (Å²) in [5.41, 5.74) is 1.66. The van der Waals surface area contributed by atoms with Crippen LogP contribution in [0, 0.1) is 23.7 Å². The van der Waals surface area contributed by atoms with Gasteiger partial charge < -0.3 is 4.74 Å². The highest BCUT2D eigenvalue weighted by atomic mass is 79.9. The van der Waals surface area contributed by atoms with E-state index >= 15 is 0 Å². The maximum absolute atomic E-state index is 8.95. The van der Waals surface area contributed by atoms with Crippen LogP contribution in [0.2, 0.25) is 0 Å². The molecule has 0 unspecified atom stereocenters. The number of halogens is 2. The number of hydrogen-bond acceptors (Lipinski definition) is 2. The molecule has 0 aliphatic rings. The Bertz CT molecular complexity index is 466. The first-order valence-electron chi connectivity index (χ1n) is 5.78. The molecule has 0 aliphatic carbocycles. The van der Waals surface area contributed by atoms with Gasteiger partial charge in [0.05, 0.1) is 24.0 Å². The average molecular weight is 331 g/mol. The van der Waals surface area contributed by atoms with Crippen molar-refractivity contribution < 1.29 is 4.74 Å². The van der Waals surface area contributed by atoms with Gasteiger partial charge in [-0.1, -0.05) is 15.9 Å². The Balaban J connectivity index is 2.77. The molecule has 0 fully saturated rings. The van der Waals surface area contributed by atoms with Gasteiger partial charge in [-0.15, -0.1) is 11.6 Å². The summed E-state index contributed by atoms with van der Waals surface area (Å²) in [5, 5.41) is 8.95. The number of hydrogen-bond donors (Lipinski definition) is 0. The second kappa shape index (κ2) is 6.45. The van der Waals surface area contributed by atoms with Gasteiger partial charge in [-0.3, -0.25) is 0 Å². The van der Waals surface area contributed by atoms with Crippen LogP contribution < -0.4 is 4.74 Å². The van der Waals surface area contributed by atoms with Crippen LogP contribution in [-0.2, 0) is 5.88 Å². The molecule has 0 heterocycles. The Hall–Kier alpha value is -0.720. The fraction of sp³-hybridized carbons (Fsp3) is 0.500. The van der Waals surface area contributed by atoms with Crippen molar-refractivity contribution in [2.45, 2.75) is 33.1 Å². The van der Waals surface area contributed by atoms with E-state index in [1.807, 2.05) is 32.9 Å². The predicted octanol–water partition coefficient (Wildman–Crippen LogP) is 4.82. The van der Waals surface area contributed by atoms with Crippen LogP contribution in [0.1, 0.15) is 31.4 Å². The third kappa shape index (κ3) is 4.19. The summed E-state index contributed by atoms with van der Waals surface area (Å²) < 4.78 is 6.80. The molecule has 0 aliphatic heterocycles. The fourth-order valence-corrected chi connectivity index (χ4v) is 2.39. The summed E-state index contributed by atoms with van der Waals surface area (Å²) in [6.07, 6.45) is 0.695. The van der Waals surface area contributed by atoms with Crippen molar-refractivity contribution in [2.75, 3.05) is 6.61 Å². The van der Waals surface area contributed by atoms with Crippen LogP contribution >= 0.6 is 27.5 Å². The molecule has 0 saturated carbocycles. The second-order valence-electron chi connectivity index (χ2n) is 4.94. The number of nitriles is 1. The van der Waals surface area contributed by atoms with Crippen LogP contribution in [0.4, 0.5) is 0 Å². The molecule has 1 aromatic carbocycles. The zero-order valence-electron chi connectivity index (χ0n) is 10.9. The molecular weight excluding hydrogens is 314 g/mol. The molecule has 2 nitrogen and oxygen atoms in total. The van der Waals surface area contributed by atoms with Crippen molar-refractivity contribution in [2.24, 2.45) is 5.41 Å². The summed E-state index contributed by atoms with van der Waals surface area (Å²) in [6.45, 7) is 6.33. The van der Waals surface area contributed by atoms with Gasteiger partial charge in [0.15, 0.2) is 0 Å². The van der Waals surface area contributed by atoms with E-state index in [9.17, 15) is 0 Å². The quantitative estimate of drug-likeness (QED) is 0.725. The molecule has 0 saturated heterocycles. The molecule has 0 bridgehead atoms. The molecule has 0 radical (unpaired) electrons. The van der Waals surface area contributed by atoms with Gasteiger partial charge in [-0.25, -0.2) is 0 Å². The molecular formula is C14H17BrClNO. The highest BCUT2D eigenvalue weighted by Crippen LogP contribution is 2.30. The Morgan fingerprint density at radius 3 is 2.67 bits per heavy atom. The minimum atomic E-state index is -0.357. The van der Waals surface area contributed by atoms with Gasteiger partial charge in [0, 0.05) is 10.0 Å². The van der Waals surface area contributed by atoms with Crippen molar-refractivity contribution in [1.82, 2.24) is 0 Å². The van der Waals surface area contributed by atoms with Crippen molar-refractivity contribution in [1.29, 1.82) is 5.26 Å². The first-order valence-corrected chi connectivity index (χ1v) is 7.11. The number of ether oxygens (including phenoxy) is 1. The summed E-state index contributed by atoms with van der Waals surface area (Å²) >= 11 is 9.36. The lowest BCUT2D eigenvalue weighted by molar-refractivity contribution is 0.261. The smallest absolute Gasteiger partial charge is 0.126 e. The Kier molecular flexibility index (Phi) is 5.49. The maximum atomic E-state index is 8.95. The summed E-state index contributed by atoms with van der Waals surface area (Å²) in [7, 11) is 0. The van der Waals surface area contributed by atoms with E-state index in [0.717, 1.165) is 21.3 Å². The van der Waals surface area contributed by atoms with Crippen molar-refractivity contribution >= 4 is 27.5 Å². The number of benzene rings is 1. The molecule has 1 rings (SSSR count). The topological polar surface area (TPSA) is 33.0 Å². The zero-order valence-corrected chi connectivity index (χ0v) is 13.2. The van der Waals surface area contributed by atoms with Gasteiger partial charge in [-0.2, -0.15) is 5.26 Å². The first-order chi connectivity index (χ1) is 8.39. The van der Waals surface area contributed by atoms with Crippen LogP contribution in [0.15, 0.2) is 16.6 Å². The third-order valence-corrected chi connectivity index (χ3v) is 3.48. The van der Waals surface area contributed by atoms with Gasteiger partial charge in [0.2, 0.25) is 0 Å². The van der Waals surface area contributed by atoms with Crippen LogP contribution in [-0.4, -0.2) is 6.61 Å². The first kappa shape index (κ1) is 15.3. The van der Waals surface area contributed by atoms with Gasteiger partial charge in [-0.05, 0) is 44.9 Å². The molecule has 18 heavy (non-hydrogen) atoms. The minimum absolute atomic E-state index is 0.357. The SMILES string of the molecule is Cc1cc(Br)cc(CCl)c1OCCC(C)(C)C#N. The third-order valence-electron chi connectivity index (χ3n) is 2.74. The average Bonchev–Trinajstić information content (AvgIpc) is 2.31. The molecule has 4 heteroatoms. The number of aryl methyl sites for hydroxylation is 1. The highest BCUT2D eigenvalue weighted by Gasteiger charge is 2.17. The van der Waals surface area contributed by atoms with Gasteiger partial charge in [0.1, 0.15) is 5.75 Å². The summed E-state index contributed by atoms with van der Waals surface area (Å²) in [5.74, 6) is 1.25. The predicted molar refractivity (Wildman–Crippen MR) is 77.9 cm³/mol. The lowest BCUT2D eigenvalue weighted by Gasteiger charge is -2.18. The lowest BCUT2D eigenvalue weighted by atomic mass is 9.92. The molecule has 98 valence electrons. The molecule has 0 N–H and O–H groups in total. The fourth-order valence-electron chi connectivity index (χ4n) is 1.57. The minimum Gasteiger partial charge on any atom is -0.493 e. The normalized spacial score (nSPS) is 11.1. The standard InChI is InChI=1S/C14H17BrClNO/c1-10-6-12(15)7-11(8-16)13(10)18-5-4-14(2,3)9-17/h6-7H,4-5,8H2,1-3H3. The number of nitrogens with zero attached hydrogens (tertiary/aromatic N) is 1. The molecule has 1 aromatic rings.